The fourth-order valence-corrected chi connectivity index (χ4v) is 1.74. The maximum Gasteiger partial charge on any atom is 0.257 e. The van der Waals surface area contributed by atoms with Crippen LogP contribution < -0.4 is 0 Å². The van der Waals surface area contributed by atoms with Crippen LogP contribution in [0.25, 0.3) is 0 Å². The lowest BCUT2D eigenvalue weighted by atomic mass is 10.1. The van der Waals surface area contributed by atoms with E-state index in [1.807, 2.05) is 0 Å². The number of phenolic OH excluding ortho intramolecular Hbond substituents is 2. The topological polar surface area (TPSA) is 70.0 Å². The first-order valence-electron chi connectivity index (χ1n) is 6.43. The highest BCUT2D eigenvalue weighted by atomic mass is 16.5. The molecule has 0 aromatic heterocycles. The highest BCUT2D eigenvalue weighted by Crippen LogP contribution is 2.28. The minimum absolute atomic E-state index is 0.0421. The summed E-state index contributed by atoms with van der Waals surface area (Å²) in [7, 11) is 1.65. The number of hydrogen-bond acceptors (Lipinski definition) is 4. The summed E-state index contributed by atoms with van der Waals surface area (Å²) in [5.41, 5.74) is 0.102. The number of nitrogens with zero attached hydrogens (tertiary/aromatic N) is 1. The van der Waals surface area contributed by atoms with Crippen molar-refractivity contribution < 1.29 is 19.7 Å². The Morgan fingerprint density at radius 2 is 2.16 bits per heavy atom. The van der Waals surface area contributed by atoms with Crippen molar-refractivity contribution in [2.75, 3.05) is 26.8 Å². The van der Waals surface area contributed by atoms with Crippen LogP contribution in [-0.2, 0) is 4.74 Å². The minimum Gasteiger partial charge on any atom is -0.508 e. The molecule has 1 aromatic rings. The first kappa shape index (κ1) is 13.7. The van der Waals surface area contributed by atoms with Gasteiger partial charge >= 0.3 is 0 Å². The molecule has 1 aromatic carbocycles. The summed E-state index contributed by atoms with van der Waals surface area (Å²) in [6, 6.07) is 3.91. The van der Waals surface area contributed by atoms with E-state index in [0.29, 0.717) is 19.1 Å². The van der Waals surface area contributed by atoms with Crippen LogP contribution in [0.15, 0.2) is 18.2 Å². The van der Waals surface area contributed by atoms with E-state index in [-0.39, 0.29) is 23.0 Å². The van der Waals surface area contributed by atoms with E-state index < -0.39 is 0 Å². The molecule has 0 saturated heterocycles. The van der Waals surface area contributed by atoms with Gasteiger partial charge in [-0.3, -0.25) is 4.79 Å². The van der Waals surface area contributed by atoms with Gasteiger partial charge in [0.25, 0.3) is 5.91 Å². The first-order valence-corrected chi connectivity index (χ1v) is 6.43. The second-order valence-corrected chi connectivity index (χ2v) is 4.95. The Bertz CT molecular complexity index is 457. The lowest BCUT2D eigenvalue weighted by molar-refractivity contribution is 0.0678. The van der Waals surface area contributed by atoms with Crippen molar-refractivity contribution in [2.24, 2.45) is 5.92 Å². The average molecular weight is 265 g/mol. The molecular weight excluding hydrogens is 246 g/mol. The van der Waals surface area contributed by atoms with Crippen molar-refractivity contribution in [1.29, 1.82) is 0 Å². The fraction of sp³-hybridized carbons (Fsp3) is 0.500. The zero-order valence-corrected chi connectivity index (χ0v) is 11.0. The number of hydrogen-bond donors (Lipinski definition) is 2. The summed E-state index contributed by atoms with van der Waals surface area (Å²) in [6.45, 7) is 1.71. The molecule has 104 valence electrons. The van der Waals surface area contributed by atoms with Crippen LogP contribution in [0.2, 0.25) is 0 Å². The van der Waals surface area contributed by atoms with Gasteiger partial charge in [-0.15, -0.1) is 0 Å². The Balaban J connectivity index is 1.84. The predicted molar refractivity (Wildman–Crippen MR) is 70.3 cm³/mol. The molecule has 5 heteroatoms. The van der Waals surface area contributed by atoms with E-state index in [1.165, 1.54) is 35.9 Å². The van der Waals surface area contributed by atoms with Gasteiger partial charge in [0.1, 0.15) is 11.5 Å². The summed E-state index contributed by atoms with van der Waals surface area (Å²) in [4.78, 5) is 13.5. The Labute approximate surface area is 112 Å². The summed E-state index contributed by atoms with van der Waals surface area (Å²) in [5.74, 6) is 0.202. The molecule has 0 heterocycles. The van der Waals surface area contributed by atoms with E-state index in [2.05, 4.69) is 0 Å². The van der Waals surface area contributed by atoms with E-state index in [4.69, 9.17) is 4.74 Å². The molecule has 1 amide bonds. The van der Waals surface area contributed by atoms with Crippen molar-refractivity contribution in [3.8, 4) is 11.5 Å². The Hall–Kier alpha value is -1.75. The van der Waals surface area contributed by atoms with Gasteiger partial charge in [-0.2, -0.15) is 0 Å². The van der Waals surface area contributed by atoms with Gasteiger partial charge in [0.15, 0.2) is 0 Å². The van der Waals surface area contributed by atoms with Crippen molar-refractivity contribution in [3.63, 3.8) is 0 Å². The number of carbonyl (C=O) groups is 1. The van der Waals surface area contributed by atoms with Crippen LogP contribution in [0, 0.1) is 5.92 Å². The summed E-state index contributed by atoms with van der Waals surface area (Å²) in [5, 5.41) is 19.0. The number of rotatable bonds is 6. The molecule has 2 rings (SSSR count). The quantitative estimate of drug-likeness (QED) is 0.605. The number of likely N-dealkylation sites (N-methyl/N-ethyl adjacent to an activating group) is 1. The summed E-state index contributed by atoms with van der Waals surface area (Å²) >= 11 is 0. The number of phenols is 2. The van der Waals surface area contributed by atoms with E-state index >= 15 is 0 Å². The van der Waals surface area contributed by atoms with Crippen molar-refractivity contribution in [1.82, 2.24) is 4.90 Å². The maximum absolute atomic E-state index is 12.1. The number of ether oxygens (including phenoxy) is 1. The molecule has 5 nitrogen and oxygen atoms in total. The highest BCUT2D eigenvalue weighted by molar-refractivity contribution is 5.97. The van der Waals surface area contributed by atoms with Crippen LogP contribution in [0.3, 0.4) is 0 Å². The van der Waals surface area contributed by atoms with Crippen LogP contribution in [0.4, 0.5) is 0 Å². The summed E-state index contributed by atoms with van der Waals surface area (Å²) < 4.78 is 5.46. The Kier molecular flexibility index (Phi) is 4.27. The fourth-order valence-electron chi connectivity index (χ4n) is 1.74. The maximum atomic E-state index is 12.1. The lowest BCUT2D eigenvalue weighted by Crippen LogP contribution is -2.30. The van der Waals surface area contributed by atoms with Gasteiger partial charge in [-0.1, -0.05) is 0 Å². The molecule has 0 radical (unpaired) electrons. The van der Waals surface area contributed by atoms with Gasteiger partial charge in [0, 0.05) is 20.2 Å². The van der Waals surface area contributed by atoms with Gasteiger partial charge in [-0.25, -0.2) is 0 Å². The first-order chi connectivity index (χ1) is 9.08. The van der Waals surface area contributed by atoms with Crippen molar-refractivity contribution >= 4 is 5.91 Å². The van der Waals surface area contributed by atoms with Gasteiger partial charge in [0.2, 0.25) is 0 Å². The third kappa shape index (κ3) is 3.86. The largest absolute Gasteiger partial charge is 0.508 e. The molecule has 1 aliphatic rings. The molecule has 2 N–H and O–H groups in total. The van der Waals surface area contributed by atoms with Crippen molar-refractivity contribution in [2.45, 2.75) is 12.8 Å². The predicted octanol–water partition coefficient (Wildman–Crippen LogP) is 1.60. The SMILES string of the molecule is CN(CCOCC1CC1)C(=O)c1cc(O)ccc1O. The molecule has 0 spiro atoms. The molecule has 0 atom stereocenters. The molecule has 0 bridgehead atoms. The molecular formula is C14H19NO4. The van der Waals surface area contributed by atoms with Crippen LogP contribution in [0.5, 0.6) is 11.5 Å². The molecule has 1 fully saturated rings. The second kappa shape index (κ2) is 5.93. The normalized spacial score (nSPS) is 14.4. The van der Waals surface area contributed by atoms with E-state index in [9.17, 15) is 15.0 Å². The number of benzene rings is 1. The van der Waals surface area contributed by atoms with Crippen LogP contribution >= 0.6 is 0 Å². The number of aromatic hydroxyl groups is 2. The van der Waals surface area contributed by atoms with Crippen LogP contribution in [0.1, 0.15) is 23.2 Å². The highest BCUT2D eigenvalue weighted by Gasteiger charge is 2.21. The lowest BCUT2D eigenvalue weighted by Gasteiger charge is -2.18. The van der Waals surface area contributed by atoms with Gasteiger partial charge < -0.3 is 19.8 Å². The molecule has 0 unspecified atom stereocenters. The smallest absolute Gasteiger partial charge is 0.257 e. The molecule has 19 heavy (non-hydrogen) atoms. The second-order valence-electron chi connectivity index (χ2n) is 4.95. The molecule has 0 aliphatic heterocycles. The van der Waals surface area contributed by atoms with Crippen molar-refractivity contribution in [3.05, 3.63) is 23.8 Å². The third-order valence-corrected chi connectivity index (χ3v) is 3.18. The van der Waals surface area contributed by atoms with Gasteiger partial charge in [-0.05, 0) is 37.0 Å². The average Bonchev–Trinajstić information content (AvgIpc) is 3.20. The van der Waals surface area contributed by atoms with Gasteiger partial charge in [0.05, 0.1) is 12.2 Å². The zero-order chi connectivity index (χ0) is 13.8. The number of carbonyl (C=O) groups excluding carboxylic acids is 1. The molecule has 1 saturated carbocycles. The van der Waals surface area contributed by atoms with Crippen LogP contribution in [-0.4, -0.2) is 47.8 Å². The standard InChI is InChI=1S/C14H19NO4/c1-15(6-7-19-9-10-2-3-10)14(18)12-8-11(16)4-5-13(12)17/h4-5,8,10,16-17H,2-3,6-7,9H2,1H3. The molecule has 1 aliphatic carbocycles. The Morgan fingerprint density at radius 3 is 2.84 bits per heavy atom. The third-order valence-electron chi connectivity index (χ3n) is 3.18. The van der Waals surface area contributed by atoms with E-state index in [0.717, 1.165) is 6.61 Å². The Morgan fingerprint density at radius 1 is 1.42 bits per heavy atom. The van der Waals surface area contributed by atoms with E-state index in [1.54, 1.807) is 7.05 Å². The monoisotopic (exact) mass is 265 g/mol. The number of amides is 1. The minimum atomic E-state index is -0.330. The zero-order valence-electron chi connectivity index (χ0n) is 11.0. The summed E-state index contributed by atoms with van der Waals surface area (Å²) in [6.07, 6.45) is 2.48.